The van der Waals surface area contributed by atoms with E-state index in [0.29, 0.717) is 10.0 Å². The molecule has 1 aromatic rings. The summed E-state index contributed by atoms with van der Waals surface area (Å²) in [5, 5.41) is 0.940. The second kappa shape index (κ2) is 7.52. The van der Waals surface area contributed by atoms with Gasteiger partial charge >= 0.3 is 6.72 Å². The average Bonchev–Trinajstić information content (AvgIpc) is 2.25. The molecule has 0 aromatic heterocycles. The fraction of sp³-hybridized carbons (Fsp3) is 0.250. The quantitative estimate of drug-likeness (QED) is 0.436. The van der Waals surface area contributed by atoms with E-state index in [9.17, 15) is 0 Å². The third kappa shape index (κ3) is 4.85. The zero-order valence-corrected chi connectivity index (χ0v) is 13.7. The predicted molar refractivity (Wildman–Crippen MR) is 70.4 cm³/mol. The molecule has 0 aliphatic carbocycles. The van der Waals surface area contributed by atoms with Crippen LogP contribution in [0.3, 0.4) is 0 Å². The van der Waals surface area contributed by atoms with Crippen LogP contribution in [0.25, 0.3) is 0 Å². The Hall–Kier alpha value is 0.954. The van der Waals surface area contributed by atoms with Gasteiger partial charge in [-0.3, -0.25) is 0 Å². The maximum absolute atomic E-state index is 5.91. The van der Waals surface area contributed by atoms with E-state index < -0.39 is 6.72 Å². The Labute approximate surface area is 130 Å². The largest absolute Gasteiger partial charge is 0.422 e. The second-order valence-corrected chi connectivity index (χ2v) is 6.97. The molecule has 0 heterocycles. The molecule has 3 nitrogen and oxygen atoms in total. The number of hydrogen-bond acceptors (Lipinski definition) is 4. The molecule has 0 bridgehead atoms. The molecule has 0 aliphatic heterocycles. The van der Waals surface area contributed by atoms with Crippen LogP contribution in [-0.2, 0) is 37.3 Å². The standard InChI is InChI=1S/C8H8Cl3O3PS.Ni/c1-12-15(16,13-2)14-8-4-6(10)5(9)3-7(8)11;/h3-4H,1-2H3;. The van der Waals surface area contributed by atoms with Crippen molar-refractivity contribution < 1.29 is 30.1 Å². The summed E-state index contributed by atoms with van der Waals surface area (Å²) in [4.78, 5) is 0. The van der Waals surface area contributed by atoms with E-state index in [0.717, 1.165) is 0 Å². The molecule has 0 aliphatic rings. The van der Waals surface area contributed by atoms with Crippen LogP contribution in [0, 0.1) is 0 Å². The van der Waals surface area contributed by atoms with Gasteiger partial charge in [-0.05, 0) is 6.07 Å². The van der Waals surface area contributed by atoms with Gasteiger partial charge in [0.2, 0.25) is 0 Å². The third-order valence-electron chi connectivity index (χ3n) is 1.63. The van der Waals surface area contributed by atoms with Crippen LogP contribution < -0.4 is 4.52 Å². The fourth-order valence-corrected chi connectivity index (χ4v) is 2.40. The summed E-state index contributed by atoms with van der Waals surface area (Å²) >= 11 is 22.5. The maximum atomic E-state index is 5.91. The van der Waals surface area contributed by atoms with Crippen molar-refractivity contribution in [2.24, 2.45) is 0 Å². The summed E-state index contributed by atoms with van der Waals surface area (Å²) in [6.07, 6.45) is 0. The van der Waals surface area contributed by atoms with Crippen LogP contribution in [0.1, 0.15) is 0 Å². The zero-order chi connectivity index (χ0) is 12.3. The molecule has 1 rings (SSSR count). The van der Waals surface area contributed by atoms with Crippen LogP contribution in [0.4, 0.5) is 0 Å². The Kier molecular flexibility index (Phi) is 7.94. The third-order valence-corrected chi connectivity index (χ3v) is 5.08. The van der Waals surface area contributed by atoms with Gasteiger partial charge in [0, 0.05) is 48.6 Å². The molecule has 0 saturated heterocycles. The fourth-order valence-electron chi connectivity index (χ4n) is 0.844. The van der Waals surface area contributed by atoms with E-state index in [1.54, 1.807) is 0 Å². The van der Waals surface area contributed by atoms with Gasteiger partial charge in [0.15, 0.2) is 0 Å². The van der Waals surface area contributed by atoms with Crippen LogP contribution >= 0.6 is 41.5 Å². The van der Waals surface area contributed by atoms with Crippen molar-refractivity contribution in [1.82, 2.24) is 0 Å². The Morgan fingerprint density at radius 3 is 1.94 bits per heavy atom. The monoisotopic (exact) mass is 378 g/mol. The molecule has 0 amide bonds. The summed E-state index contributed by atoms with van der Waals surface area (Å²) < 4.78 is 15.3. The topological polar surface area (TPSA) is 27.7 Å². The van der Waals surface area contributed by atoms with E-state index in [1.807, 2.05) is 0 Å². The molecule has 17 heavy (non-hydrogen) atoms. The van der Waals surface area contributed by atoms with Crippen LogP contribution in [-0.4, -0.2) is 14.2 Å². The van der Waals surface area contributed by atoms with E-state index >= 15 is 0 Å². The minimum atomic E-state index is -2.82. The molecule has 9 heteroatoms. The van der Waals surface area contributed by atoms with Crippen molar-refractivity contribution in [3.05, 3.63) is 27.2 Å². The van der Waals surface area contributed by atoms with Gasteiger partial charge < -0.3 is 13.6 Å². The predicted octanol–water partition coefficient (Wildman–Crippen LogP) is 4.54. The van der Waals surface area contributed by atoms with Gasteiger partial charge in [-0.2, -0.15) is 0 Å². The van der Waals surface area contributed by atoms with Gasteiger partial charge in [-0.1, -0.05) is 34.8 Å². The van der Waals surface area contributed by atoms with Gasteiger partial charge in [0.05, 0.1) is 15.1 Å². The molecule has 1 aromatic carbocycles. The van der Waals surface area contributed by atoms with Crippen molar-refractivity contribution in [3.8, 4) is 5.75 Å². The van der Waals surface area contributed by atoms with E-state index in [2.05, 4.69) is 0 Å². The molecular formula is C8H8Cl3NiO3PS. The van der Waals surface area contributed by atoms with Crippen LogP contribution in [0.2, 0.25) is 15.1 Å². The molecule has 0 radical (unpaired) electrons. The first-order valence-electron chi connectivity index (χ1n) is 3.97. The minimum absolute atomic E-state index is 0. The number of hydrogen-bond donors (Lipinski definition) is 0. The summed E-state index contributed by atoms with van der Waals surface area (Å²) in [7, 11) is 2.80. The Bertz CT molecular complexity index is 438. The summed E-state index contributed by atoms with van der Waals surface area (Å²) in [6, 6.07) is 2.93. The average molecular weight is 380 g/mol. The van der Waals surface area contributed by atoms with Gasteiger partial charge in [0.1, 0.15) is 5.75 Å². The Balaban J connectivity index is 0.00000256. The number of halogens is 3. The van der Waals surface area contributed by atoms with Crippen LogP contribution in [0.15, 0.2) is 12.1 Å². The van der Waals surface area contributed by atoms with Crippen molar-refractivity contribution in [3.63, 3.8) is 0 Å². The molecule has 0 atom stereocenters. The molecule has 0 saturated carbocycles. The zero-order valence-electron chi connectivity index (χ0n) is 8.69. The Morgan fingerprint density at radius 1 is 1.00 bits per heavy atom. The smallest absolute Gasteiger partial charge is 0.380 e. The van der Waals surface area contributed by atoms with Gasteiger partial charge in [-0.25, -0.2) is 0 Å². The summed E-state index contributed by atoms with van der Waals surface area (Å²) in [6.45, 7) is -2.82. The maximum Gasteiger partial charge on any atom is 0.380 e. The molecule has 0 N–H and O–H groups in total. The molecule has 0 fully saturated rings. The van der Waals surface area contributed by atoms with Crippen molar-refractivity contribution in [2.45, 2.75) is 0 Å². The Morgan fingerprint density at radius 2 is 1.47 bits per heavy atom. The normalized spacial score (nSPS) is 10.9. The number of benzene rings is 1. The first-order valence-corrected chi connectivity index (χ1v) is 7.66. The van der Waals surface area contributed by atoms with Crippen molar-refractivity contribution in [1.29, 1.82) is 0 Å². The molecule has 0 spiro atoms. The minimum Gasteiger partial charge on any atom is -0.422 e. The second-order valence-electron chi connectivity index (χ2n) is 2.60. The molecule has 100 valence electrons. The molecular weight excluding hydrogens is 372 g/mol. The SMILES string of the molecule is COP(=S)(OC)Oc1cc(Cl)c(Cl)cc1Cl.[Ni]. The molecule has 0 unspecified atom stereocenters. The van der Waals surface area contributed by atoms with Gasteiger partial charge in [-0.15, -0.1) is 0 Å². The van der Waals surface area contributed by atoms with E-state index in [-0.39, 0.29) is 27.3 Å². The van der Waals surface area contributed by atoms with E-state index in [4.69, 9.17) is 60.2 Å². The van der Waals surface area contributed by atoms with Crippen molar-refractivity contribution >= 4 is 53.3 Å². The first-order chi connectivity index (χ1) is 7.41. The summed E-state index contributed by atoms with van der Waals surface area (Å²) in [5.74, 6) is 0.281. The number of rotatable bonds is 4. The van der Waals surface area contributed by atoms with Crippen LogP contribution in [0.5, 0.6) is 5.75 Å². The first kappa shape index (κ1) is 18.0. The van der Waals surface area contributed by atoms with Crippen molar-refractivity contribution in [2.75, 3.05) is 14.2 Å². The summed E-state index contributed by atoms with van der Waals surface area (Å²) in [5.41, 5.74) is 0. The van der Waals surface area contributed by atoms with Gasteiger partial charge in [0.25, 0.3) is 0 Å². The van der Waals surface area contributed by atoms with E-state index in [1.165, 1.54) is 26.4 Å².